The van der Waals surface area contributed by atoms with Crippen molar-refractivity contribution in [2.24, 2.45) is 5.92 Å². The normalized spacial score (nSPS) is 18.3. The standard InChI is InChI=1S/C19H24ClN3O2/c1-13-18(22-19(25-13)16-5-7-17(20)8-6-16)12-23-9-3-4-15(11-23)10-21-14(2)24/h5-8,15H,3-4,9-12H2,1-2H3,(H,21,24)/t15-/m1/s1. The number of oxazole rings is 1. The second kappa shape index (κ2) is 8.02. The number of carbonyl (C=O) groups excluding carboxylic acids is 1. The molecule has 1 saturated heterocycles. The Hall–Kier alpha value is -1.85. The summed E-state index contributed by atoms with van der Waals surface area (Å²) in [5.41, 5.74) is 1.91. The Bertz CT molecular complexity index is 727. The first-order valence-corrected chi connectivity index (χ1v) is 9.08. The maximum atomic E-state index is 11.1. The minimum absolute atomic E-state index is 0.0390. The lowest BCUT2D eigenvalue weighted by molar-refractivity contribution is -0.119. The van der Waals surface area contributed by atoms with Crippen molar-refractivity contribution in [3.63, 3.8) is 0 Å². The van der Waals surface area contributed by atoms with Gasteiger partial charge in [-0.3, -0.25) is 9.69 Å². The molecule has 1 atom stereocenters. The largest absolute Gasteiger partial charge is 0.441 e. The summed E-state index contributed by atoms with van der Waals surface area (Å²) in [4.78, 5) is 18.2. The fraction of sp³-hybridized carbons (Fsp3) is 0.474. The molecule has 0 radical (unpaired) electrons. The van der Waals surface area contributed by atoms with Crippen LogP contribution >= 0.6 is 11.6 Å². The second-order valence-corrected chi connectivity index (χ2v) is 7.15. The summed E-state index contributed by atoms with van der Waals surface area (Å²) < 4.78 is 5.85. The number of nitrogens with zero attached hydrogens (tertiary/aromatic N) is 2. The SMILES string of the molecule is CC(=O)NC[C@H]1CCCN(Cc2nc(-c3ccc(Cl)cc3)oc2C)C1. The number of aromatic nitrogens is 1. The maximum Gasteiger partial charge on any atom is 0.226 e. The van der Waals surface area contributed by atoms with Gasteiger partial charge < -0.3 is 9.73 Å². The van der Waals surface area contributed by atoms with E-state index < -0.39 is 0 Å². The molecule has 5 nitrogen and oxygen atoms in total. The summed E-state index contributed by atoms with van der Waals surface area (Å²) in [5, 5.41) is 3.63. The third-order valence-corrected chi connectivity index (χ3v) is 4.85. The van der Waals surface area contributed by atoms with Crippen LogP contribution in [0.15, 0.2) is 28.7 Å². The van der Waals surface area contributed by atoms with Crippen molar-refractivity contribution in [2.75, 3.05) is 19.6 Å². The fourth-order valence-corrected chi connectivity index (χ4v) is 3.38. The quantitative estimate of drug-likeness (QED) is 0.883. The van der Waals surface area contributed by atoms with Crippen molar-refractivity contribution in [2.45, 2.75) is 33.2 Å². The number of hydrogen-bond acceptors (Lipinski definition) is 4. The number of hydrogen-bond donors (Lipinski definition) is 1. The zero-order chi connectivity index (χ0) is 17.8. The summed E-state index contributed by atoms with van der Waals surface area (Å²) in [6, 6.07) is 7.52. The van der Waals surface area contributed by atoms with E-state index in [1.165, 1.54) is 0 Å². The molecule has 0 aliphatic carbocycles. The molecule has 1 aliphatic rings. The number of amides is 1. The van der Waals surface area contributed by atoms with Gasteiger partial charge in [0.25, 0.3) is 0 Å². The zero-order valence-corrected chi connectivity index (χ0v) is 15.5. The highest BCUT2D eigenvalue weighted by Crippen LogP contribution is 2.25. The van der Waals surface area contributed by atoms with E-state index in [-0.39, 0.29) is 5.91 Å². The van der Waals surface area contributed by atoms with Crippen molar-refractivity contribution in [1.82, 2.24) is 15.2 Å². The lowest BCUT2D eigenvalue weighted by Crippen LogP contribution is -2.40. The van der Waals surface area contributed by atoms with E-state index in [2.05, 4.69) is 15.2 Å². The first-order valence-electron chi connectivity index (χ1n) is 8.70. The molecule has 1 aromatic heterocycles. The molecular formula is C19H24ClN3O2. The van der Waals surface area contributed by atoms with Crippen LogP contribution in [0.4, 0.5) is 0 Å². The molecule has 1 aromatic carbocycles. The molecule has 0 spiro atoms. The third-order valence-electron chi connectivity index (χ3n) is 4.60. The number of nitrogens with one attached hydrogen (secondary N) is 1. The highest BCUT2D eigenvalue weighted by molar-refractivity contribution is 6.30. The summed E-state index contributed by atoms with van der Waals surface area (Å²) in [7, 11) is 0. The summed E-state index contributed by atoms with van der Waals surface area (Å²) in [5.74, 6) is 2.03. The van der Waals surface area contributed by atoms with Gasteiger partial charge in [-0.2, -0.15) is 0 Å². The minimum atomic E-state index is 0.0390. The number of rotatable bonds is 5. The monoisotopic (exact) mass is 361 g/mol. The summed E-state index contributed by atoms with van der Waals surface area (Å²) in [6.07, 6.45) is 2.30. The van der Waals surface area contributed by atoms with E-state index >= 15 is 0 Å². The average molecular weight is 362 g/mol. The van der Waals surface area contributed by atoms with Gasteiger partial charge in [0, 0.05) is 37.1 Å². The van der Waals surface area contributed by atoms with Gasteiger partial charge in [0.2, 0.25) is 11.8 Å². The molecular weight excluding hydrogens is 338 g/mol. The van der Waals surface area contributed by atoms with Crippen LogP contribution in [0, 0.1) is 12.8 Å². The highest BCUT2D eigenvalue weighted by atomic mass is 35.5. The number of carbonyl (C=O) groups is 1. The van der Waals surface area contributed by atoms with E-state index in [4.69, 9.17) is 16.0 Å². The van der Waals surface area contributed by atoms with Crippen molar-refractivity contribution in [1.29, 1.82) is 0 Å². The molecule has 1 aliphatic heterocycles. The minimum Gasteiger partial charge on any atom is -0.441 e. The second-order valence-electron chi connectivity index (χ2n) is 6.71. The molecule has 1 N–H and O–H groups in total. The van der Waals surface area contributed by atoms with Crippen LogP contribution in [0.2, 0.25) is 5.02 Å². The van der Waals surface area contributed by atoms with Gasteiger partial charge in [-0.1, -0.05) is 11.6 Å². The molecule has 3 rings (SSSR count). The van der Waals surface area contributed by atoms with Crippen molar-refractivity contribution in [3.05, 3.63) is 40.7 Å². The number of halogens is 1. The number of aryl methyl sites for hydroxylation is 1. The smallest absolute Gasteiger partial charge is 0.226 e. The molecule has 0 bridgehead atoms. The Labute approximate surface area is 153 Å². The lowest BCUT2D eigenvalue weighted by atomic mass is 9.98. The number of benzene rings is 1. The Kier molecular flexibility index (Phi) is 5.76. The molecule has 2 aromatic rings. The van der Waals surface area contributed by atoms with Crippen LogP contribution in [-0.4, -0.2) is 35.4 Å². The van der Waals surface area contributed by atoms with Gasteiger partial charge in [0.05, 0.1) is 5.69 Å². The number of likely N-dealkylation sites (tertiary alicyclic amines) is 1. The Morgan fingerprint density at radius 2 is 2.16 bits per heavy atom. The van der Waals surface area contributed by atoms with Gasteiger partial charge in [0.1, 0.15) is 5.76 Å². The van der Waals surface area contributed by atoms with Gasteiger partial charge in [-0.25, -0.2) is 4.98 Å². The van der Waals surface area contributed by atoms with Gasteiger partial charge in [0.15, 0.2) is 0 Å². The average Bonchev–Trinajstić information content (AvgIpc) is 2.95. The highest BCUT2D eigenvalue weighted by Gasteiger charge is 2.22. The van der Waals surface area contributed by atoms with Gasteiger partial charge in [-0.05, 0) is 56.5 Å². The Balaban J connectivity index is 1.64. The van der Waals surface area contributed by atoms with E-state index in [9.17, 15) is 4.79 Å². The van der Waals surface area contributed by atoms with Crippen LogP contribution in [0.5, 0.6) is 0 Å². The van der Waals surface area contributed by atoms with Gasteiger partial charge in [-0.15, -0.1) is 0 Å². The van der Waals surface area contributed by atoms with Crippen LogP contribution in [0.25, 0.3) is 11.5 Å². The predicted molar refractivity (Wildman–Crippen MR) is 98.4 cm³/mol. The van der Waals surface area contributed by atoms with Crippen molar-refractivity contribution >= 4 is 17.5 Å². The zero-order valence-electron chi connectivity index (χ0n) is 14.7. The van der Waals surface area contributed by atoms with E-state index in [0.29, 0.717) is 16.8 Å². The van der Waals surface area contributed by atoms with E-state index in [1.54, 1.807) is 6.92 Å². The molecule has 25 heavy (non-hydrogen) atoms. The van der Waals surface area contributed by atoms with Crippen LogP contribution in [0.3, 0.4) is 0 Å². The third kappa shape index (κ3) is 4.83. The van der Waals surface area contributed by atoms with Crippen LogP contribution in [0.1, 0.15) is 31.2 Å². The molecule has 2 heterocycles. The number of piperidine rings is 1. The van der Waals surface area contributed by atoms with Crippen molar-refractivity contribution < 1.29 is 9.21 Å². The summed E-state index contributed by atoms with van der Waals surface area (Å²) in [6.45, 7) is 7.08. The topological polar surface area (TPSA) is 58.4 Å². The fourth-order valence-electron chi connectivity index (χ4n) is 3.25. The first kappa shape index (κ1) is 18.0. The molecule has 0 saturated carbocycles. The lowest BCUT2D eigenvalue weighted by Gasteiger charge is -2.32. The van der Waals surface area contributed by atoms with Crippen LogP contribution < -0.4 is 5.32 Å². The van der Waals surface area contributed by atoms with Crippen molar-refractivity contribution in [3.8, 4) is 11.5 Å². The Morgan fingerprint density at radius 1 is 1.40 bits per heavy atom. The van der Waals surface area contributed by atoms with E-state index in [0.717, 1.165) is 56.0 Å². The maximum absolute atomic E-state index is 11.1. The van der Waals surface area contributed by atoms with Crippen LogP contribution in [-0.2, 0) is 11.3 Å². The van der Waals surface area contributed by atoms with E-state index in [1.807, 2.05) is 31.2 Å². The molecule has 1 fully saturated rings. The summed E-state index contributed by atoms with van der Waals surface area (Å²) >= 11 is 5.94. The first-order chi connectivity index (χ1) is 12.0. The molecule has 1 amide bonds. The predicted octanol–water partition coefficient (Wildman–Crippen LogP) is 3.65. The Morgan fingerprint density at radius 3 is 2.88 bits per heavy atom. The molecule has 6 heteroatoms. The molecule has 0 unspecified atom stereocenters. The van der Waals surface area contributed by atoms with Gasteiger partial charge >= 0.3 is 0 Å². The molecule has 134 valence electrons.